The molecule has 0 aromatic heterocycles. The Labute approximate surface area is 87.1 Å². The van der Waals surface area contributed by atoms with Crippen LogP contribution in [0, 0.1) is 10.8 Å². The third kappa shape index (κ3) is 9.32. The Morgan fingerprint density at radius 1 is 1.43 bits per heavy atom. The van der Waals surface area contributed by atoms with Crippen LogP contribution in [0.3, 0.4) is 0 Å². The second-order valence-electron chi connectivity index (χ2n) is 4.97. The number of nitrogens with two attached hydrogens (primary N) is 1. The van der Waals surface area contributed by atoms with E-state index in [1.807, 2.05) is 0 Å². The van der Waals surface area contributed by atoms with Gasteiger partial charge in [0, 0.05) is 19.1 Å². The highest BCUT2D eigenvalue weighted by Gasteiger charge is 2.11. The molecule has 0 aliphatic rings. The second kappa shape index (κ2) is 5.86. The van der Waals surface area contributed by atoms with Gasteiger partial charge >= 0.3 is 0 Å². The molecule has 0 saturated carbocycles. The van der Waals surface area contributed by atoms with E-state index in [1.54, 1.807) is 0 Å². The first-order valence-corrected chi connectivity index (χ1v) is 5.12. The van der Waals surface area contributed by atoms with Crippen LogP contribution >= 0.6 is 0 Å². The van der Waals surface area contributed by atoms with Gasteiger partial charge in [0.25, 0.3) is 0 Å². The average Bonchev–Trinajstić information content (AvgIpc) is 1.99. The number of hydrogen-bond donors (Lipinski definition) is 4. The van der Waals surface area contributed by atoms with Crippen LogP contribution in [0.2, 0.25) is 0 Å². The molecular weight excluding hydrogens is 176 g/mol. The van der Waals surface area contributed by atoms with Crippen molar-refractivity contribution < 1.29 is 0 Å². The molecule has 0 aromatic carbocycles. The van der Waals surface area contributed by atoms with E-state index in [-0.39, 0.29) is 5.96 Å². The Morgan fingerprint density at radius 2 is 2.00 bits per heavy atom. The van der Waals surface area contributed by atoms with Gasteiger partial charge in [-0.3, -0.25) is 5.41 Å². The molecule has 5 N–H and O–H groups in total. The van der Waals surface area contributed by atoms with Crippen LogP contribution in [-0.2, 0) is 0 Å². The lowest BCUT2D eigenvalue weighted by molar-refractivity contribution is 0.351. The molecule has 0 spiro atoms. The van der Waals surface area contributed by atoms with Crippen molar-refractivity contribution in [3.05, 3.63) is 0 Å². The van der Waals surface area contributed by atoms with Crippen LogP contribution < -0.4 is 16.4 Å². The van der Waals surface area contributed by atoms with E-state index < -0.39 is 0 Å². The maximum atomic E-state index is 6.99. The van der Waals surface area contributed by atoms with E-state index in [9.17, 15) is 0 Å². The van der Waals surface area contributed by atoms with E-state index in [2.05, 4.69) is 38.3 Å². The van der Waals surface area contributed by atoms with Gasteiger partial charge in [-0.2, -0.15) is 0 Å². The van der Waals surface area contributed by atoms with Gasteiger partial charge < -0.3 is 16.4 Å². The van der Waals surface area contributed by atoms with Gasteiger partial charge in [-0.15, -0.1) is 0 Å². The SMILES string of the molecule is C[C@@H](CCNC(=N)N)NCC(C)(C)C. The molecule has 14 heavy (non-hydrogen) atoms. The summed E-state index contributed by atoms with van der Waals surface area (Å²) in [7, 11) is 0. The first kappa shape index (κ1) is 13.2. The molecule has 0 radical (unpaired) electrons. The lowest BCUT2D eigenvalue weighted by Gasteiger charge is -2.22. The van der Waals surface area contributed by atoms with Crippen LogP contribution in [-0.4, -0.2) is 25.1 Å². The van der Waals surface area contributed by atoms with E-state index in [0.717, 1.165) is 19.5 Å². The maximum Gasteiger partial charge on any atom is 0.185 e. The fourth-order valence-electron chi connectivity index (χ4n) is 1.01. The van der Waals surface area contributed by atoms with Crippen LogP contribution in [0.15, 0.2) is 0 Å². The third-order valence-corrected chi connectivity index (χ3v) is 1.87. The van der Waals surface area contributed by atoms with Crippen LogP contribution in [0.4, 0.5) is 0 Å². The summed E-state index contributed by atoms with van der Waals surface area (Å²) in [4.78, 5) is 0. The van der Waals surface area contributed by atoms with E-state index in [4.69, 9.17) is 11.1 Å². The molecule has 0 amide bonds. The Hall–Kier alpha value is -0.770. The van der Waals surface area contributed by atoms with E-state index in [1.165, 1.54) is 0 Å². The van der Waals surface area contributed by atoms with Crippen molar-refractivity contribution >= 4 is 5.96 Å². The molecule has 0 bridgehead atoms. The minimum absolute atomic E-state index is 0.0491. The lowest BCUT2D eigenvalue weighted by Crippen LogP contribution is -2.38. The largest absolute Gasteiger partial charge is 0.370 e. The molecule has 0 rings (SSSR count). The Bertz CT molecular complexity index is 171. The number of nitrogens with one attached hydrogen (secondary N) is 3. The molecule has 0 heterocycles. The topological polar surface area (TPSA) is 73.9 Å². The van der Waals surface area contributed by atoms with Crippen LogP contribution in [0.1, 0.15) is 34.1 Å². The summed E-state index contributed by atoms with van der Waals surface area (Å²) in [5, 5.41) is 13.2. The molecule has 0 saturated heterocycles. The van der Waals surface area contributed by atoms with Crippen molar-refractivity contribution in [3.63, 3.8) is 0 Å². The van der Waals surface area contributed by atoms with Gasteiger partial charge in [-0.1, -0.05) is 20.8 Å². The minimum Gasteiger partial charge on any atom is -0.370 e. The quantitative estimate of drug-likeness (QED) is 0.393. The Kier molecular flexibility index (Phi) is 5.53. The van der Waals surface area contributed by atoms with Gasteiger partial charge in [-0.05, 0) is 18.8 Å². The highest BCUT2D eigenvalue weighted by Crippen LogP contribution is 2.10. The minimum atomic E-state index is 0.0491. The van der Waals surface area contributed by atoms with Crippen molar-refractivity contribution in [3.8, 4) is 0 Å². The monoisotopic (exact) mass is 200 g/mol. The lowest BCUT2D eigenvalue weighted by atomic mass is 9.96. The highest BCUT2D eigenvalue weighted by atomic mass is 15.0. The fourth-order valence-corrected chi connectivity index (χ4v) is 1.01. The van der Waals surface area contributed by atoms with Crippen molar-refractivity contribution in [1.82, 2.24) is 10.6 Å². The number of rotatable bonds is 5. The first-order valence-electron chi connectivity index (χ1n) is 5.12. The average molecular weight is 200 g/mol. The third-order valence-electron chi connectivity index (χ3n) is 1.87. The molecule has 0 unspecified atom stereocenters. The summed E-state index contributed by atoms with van der Waals surface area (Å²) in [6, 6.07) is 0.459. The predicted molar refractivity (Wildman–Crippen MR) is 61.5 cm³/mol. The molecular formula is C10H24N4. The summed E-state index contributed by atoms with van der Waals surface area (Å²) < 4.78 is 0. The zero-order valence-electron chi connectivity index (χ0n) is 9.78. The zero-order chi connectivity index (χ0) is 11.2. The van der Waals surface area contributed by atoms with Crippen molar-refractivity contribution in [1.29, 1.82) is 5.41 Å². The molecule has 4 nitrogen and oxygen atoms in total. The number of guanidine groups is 1. The fraction of sp³-hybridized carbons (Fsp3) is 0.900. The Morgan fingerprint density at radius 3 is 2.43 bits per heavy atom. The summed E-state index contributed by atoms with van der Waals surface area (Å²) >= 11 is 0. The van der Waals surface area contributed by atoms with Gasteiger partial charge in [0.05, 0.1) is 0 Å². The van der Waals surface area contributed by atoms with E-state index in [0.29, 0.717) is 11.5 Å². The van der Waals surface area contributed by atoms with E-state index >= 15 is 0 Å². The van der Waals surface area contributed by atoms with Gasteiger partial charge in [-0.25, -0.2) is 0 Å². The summed E-state index contributed by atoms with van der Waals surface area (Å²) in [5.74, 6) is 0.0491. The first-order chi connectivity index (χ1) is 6.31. The molecule has 0 aromatic rings. The van der Waals surface area contributed by atoms with Crippen LogP contribution in [0.5, 0.6) is 0 Å². The molecule has 0 fully saturated rings. The standard InChI is InChI=1S/C10H24N4/c1-8(5-6-13-9(11)12)14-7-10(2,3)4/h8,14H,5-7H2,1-4H3,(H4,11,12,13)/t8-/m0/s1. The smallest absolute Gasteiger partial charge is 0.185 e. The molecule has 1 atom stereocenters. The summed E-state index contributed by atoms with van der Waals surface area (Å²) in [6.07, 6.45) is 0.982. The Balaban J connectivity index is 3.46. The second-order valence-corrected chi connectivity index (χ2v) is 4.97. The summed E-state index contributed by atoms with van der Waals surface area (Å²) in [6.45, 7) is 10.5. The van der Waals surface area contributed by atoms with Gasteiger partial charge in [0.1, 0.15) is 0 Å². The van der Waals surface area contributed by atoms with Crippen molar-refractivity contribution in [2.24, 2.45) is 11.1 Å². The van der Waals surface area contributed by atoms with Gasteiger partial charge in [0.2, 0.25) is 0 Å². The van der Waals surface area contributed by atoms with Crippen LogP contribution in [0.25, 0.3) is 0 Å². The number of hydrogen-bond acceptors (Lipinski definition) is 2. The van der Waals surface area contributed by atoms with Crippen molar-refractivity contribution in [2.45, 2.75) is 40.2 Å². The highest BCUT2D eigenvalue weighted by molar-refractivity contribution is 5.74. The zero-order valence-corrected chi connectivity index (χ0v) is 9.78. The van der Waals surface area contributed by atoms with Gasteiger partial charge in [0.15, 0.2) is 5.96 Å². The normalized spacial score (nSPS) is 13.7. The molecule has 0 aliphatic heterocycles. The molecule has 4 heteroatoms. The molecule has 84 valence electrons. The maximum absolute atomic E-state index is 6.99. The van der Waals surface area contributed by atoms with Crippen molar-refractivity contribution in [2.75, 3.05) is 13.1 Å². The predicted octanol–water partition coefficient (Wildman–Crippen LogP) is 0.884. The molecule has 0 aliphatic carbocycles. The summed E-state index contributed by atoms with van der Waals surface area (Å²) in [5.41, 5.74) is 5.50.